The van der Waals surface area contributed by atoms with Crippen LogP contribution in [0.15, 0.2) is 18.2 Å². The first-order valence-corrected chi connectivity index (χ1v) is 13.1. The molecule has 0 spiro atoms. The summed E-state index contributed by atoms with van der Waals surface area (Å²) >= 11 is 6.24. The number of piperidine rings is 2. The van der Waals surface area contributed by atoms with E-state index in [0.29, 0.717) is 53.1 Å². The van der Waals surface area contributed by atoms with Crippen molar-refractivity contribution in [1.29, 1.82) is 0 Å². The number of carboxylic acids is 2. The summed E-state index contributed by atoms with van der Waals surface area (Å²) in [5.41, 5.74) is 7.82. The Morgan fingerprint density at radius 1 is 1.13 bits per heavy atom. The molecule has 4 rings (SSSR count). The Bertz CT molecular complexity index is 1060. The molecule has 2 saturated heterocycles. The highest BCUT2D eigenvalue weighted by Gasteiger charge is 2.35. The molecule has 3 heterocycles. The molecular weight excluding hydrogens is 516 g/mol. The summed E-state index contributed by atoms with van der Waals surface area (Å²) in [4.78, 5) is 46.8. The van der Waals surface area contributed by atoms with Gasteiger partial charge >= 0.3 is 11.9 Å². The fourth-order valence-corrected chi connectivity index (χ4v) is 5.53. The van der Waals surface area contributed by atoms with E-state index in [9.17, 15) is 19.2 Å². The van der Waals surface area contributed by atoms with E-state index >= 15 is 0 Å². The van der Waals surface area contributed by atoms with Gasteiger partial charge in [0.25, 0.3) is 5.91 Å². The Balaban J connectivity index is 0.000000436. The number of ketones is 1. The van der Waals surface area contributed by atoms with Crippen molar-refractivity contribution in [3.05, 3.63) is 34.4 Å². The van der Waals surface area contributed by atoms with Crippen molar-refractivity contribution in [2.45, 2.75) is 51.1 Å². The number of carbonyl (C=O) groups excluding carboxylic acids is 2. The summed E-state index contributed by atoms with van der Waals surface area (Å²) < 4.78 is 5.67. The number of fused-ring (bicyclic) bond motifs is 1. The van der Waals surface area contributed by atoms with E-state index in [2.05, 4.69) is 15.5 Å². The molecule has 3 aliphatic rings. The highest BCUT2D eigenvalue weighted by molar-refractivity contribution is 6.33. The summed E-state index contributed by atoms with van der Waals surface area (Å²) in [5.74, 6) is -1.44. The molecule has 3 aliphatic heterocycles. The zero-order valence-corrected chi connectivity index (χ0v) is 22.1. The molecular formula is C26H35ClN4O7. The molecule has 208 valence electrons. The van der Waals surface area contributed by atoms with Gasteiger partial charge in [0.05, 0.1) is 28.9 Å². The van der Waals surface area contributed by atoms with Crippen LogP contribution in [0.3, 0.4) is 0 Å². The number of hydrogen-bond donors (Lipinski definition) is 5. The Kier molecular flexibility index (Phi) is 10.5. The van der Waals surface area contributed by atoms with Crippen LogP contribution in [0, 0.1) is 5.92 Å². The number of Topliss-reactive ketones (excluding diaryl/α,β-unsaturated/α-hetero) is 1. The zero-order chi connectivity index (χ0) is 27.8. The maximum Gasteiger partial charge on any atom is 0.328 e. The molecule has 1 atom stereocenters. The van der Waals surface area contributed by atoms with Gasteiger partial charge in [-0.15, -0.1) is 0 Å². The van der Waals surface area contributed by atoms with E-state index in [1.54, 1.807) is 13.0 Å². The second-order valence-electron chi connectivity index (χ2n) is 9.66. The van der Waals surface area contributed by atoms with Gasteiger partial charge in [-0.2, -0.15) is 0 Å². The number of carboxylic acid groups (broad SMARTS) is 2. The minimum absolute atomic E-state index is 0.00340. The van der Waals surface area contributed by atoms with Crippen molar-refractivity contribution in [2.24, 2.45) is 5.92 Å². The molecule has 2 fully saturated rings. The van der Waals surface area contributed by atoms with E-state index in [0.717, 1.165) is 57.4 Å². The SMILES string of the molecule is CC(=O)C(C1CCNCC1)N1CCC(NC(=O)c2cc(Cl)c(N)c3c2OCC3)CC1.O=C(O)C=CC(=O)O. The van der Waals surface area contributed by atoms with Gasteiger partial charge in [0.2, 0.25) is 0 Å². The Labute approximate surface area is 226 Å². The lowest BCUT2D eigenvalue weighted by atomic mass is 9.86. The molecule has 12 heteroatoms. The summed E-state index contributed by atoms with van der Waals surface area (Å²) in [6.07, 6.45) is 5.53. The van der Waals surface area contributed by atoms with Gasteiger partial charge in [-0.3, -0.25) is 14.5 Å². The van der Waals surface area contributed by atoms with Crippen molar-refractivity contribution in [3.63, 3.8) is 0 Å². The third-order valence-corrected chi connectivity index (χ3v) is 7.40. The molecule has 0 radical (unpaired) electrons. The number of nitrogen functional groups attached to an aromatic ring is 1. The van der Waals surface area contributed by atoms with Gasteiger partial charge in [-0.25, -0.2) is 9.59 Å². The number of hydrogen-bond acceptors (Lipinski definition) is 8. The summed E-state index contributed by atoms with van der Waals surface area (Å²) in [5, 5.41) is 22.5. The normalized spacial score (nSPS) is 19.1. The van der Waals surface area contributed by atoms with Crippen molar-refractivity contribution < 1.29 is 34.1 Å². The lowest BCUT2D eigenvalue weighted by Crippen LogP contribution is -2.53. The maximum atomic E-state index is 12.9. The number of halogens is 1. The lowest BCUT2D eigenvalue weighted by Gasteiger charge is -2.41. The highest BCUT2D eigenvalue weighted by Crippen LogP contribution is 2.38. The highest BCUT2D eigenvalue weighted by atomic mass is 35.5. The van der Waals surface area contributed by atoms with Crippen LogP contribution in [-0.4, -0.2) is 83.6 Å². The van der Waals surface area contributed by atoms with Crippen LogP contribution < -0.4 is 21.1 Å². The number of aliphatic carboxylic acids is 2. The van der Waals surface area contributed by atoms with Crippen molar-refractivity contribution in [2.75, 3.05) is 38.5 Å². The van der Waals surface area contributed by atoms with Crippen LogP contribution in [0.25, 0.3) is 0 Å². The smallest absolute Gasteiger partial charge is 0.328 e. The first kappa shape index (κ1) is 29.4. The van der Waals surface area contributed by atoms with E-state index in [1.165, 1.54) is 0 Å². The Hall–Kier alpha value is -3.15. The van der Waals surface area contributed by atoms with Crippen LogP contribution in [0.4, 0.5) is 5.69 Å². The van der Waals surface area contributed by atoms with Crippen LogP contribution in [-0.2, 0) is 20.8 Å². The molecule has 0 bridgehead atoms. The predicted octanol–water partition coefficient (Wildman–Crippen LogP) is 1.72. The largest absolute Gasteiger partial charge is 0.492 e. The second kappa shape index (κ2) is 13.6. The molecule has 11 nitrogen and oxygen atoms in total. The molecule has 1 aromatic rings. The van der Waals surface area contributed by atoms with E-state index < -0.39 is 11.9 Å². The van der Waals surface area contributed by atoms with Crippen LogP contribution in [0.1, 0.15) is 48.5 Å². The van der Waals surface area contributed by atoms with Crippen molar-refractivity contribution >= 4 is 40.9 Å². The van der Waals surface area contributed by atoms with Gasteiger partial charge < -0.3 is 31.3 Å². The van der Waals surface area contributed by atoms with Gasteiger partial charge in [-0.1, -0.05) is 11.6 Å². The lowest BCUT2D eigenvalue weighted by molar-refractivity contribution is -0.134. The third kappa shape index (κ3) is 7.68. The Morgan fingerprint density at radius 2 is 1.74 bits per heavy atom. The summed E-state index contributed by atoms with van der Waals surface area (Å²) in [6, 6.07) is 1.67. The molecule has 1 amide bonds. The molecule has 0 saturated carbocycles. The molecule has 6 N–H and O–H groups in total. The monoisotopic (exact) mass is 550 g/mol. The number of anilines is 1. The number of nitrogens with one attached hydrogen (secondary N) is 2. The average molecular weight is 551 g/mol. The topological polar surface area (TPSA) is 171 Å². The zero-order valence-electron chi connectivity index (χ0n) is 21.4. The maximum absolute atomic E-state index is 12.9. The first-order valence-electron chi connectivity index (χ1n) is 12.7. The minimum atomic E-state index is -1.26. The number of nitrogens with zero attached hydrogens (tertiary/aromatic N) is 1. The standard InChI is InChI=1S/C22H31ClN4O3.C4H4O4/c1-13(28)20(14-2-7-25-8-3-14)27-9-4-15(5-10-27)26-22(29)17-12-18(23)19(24)16-6-11-30-21(16)17;5-3(6)1-2-4(7)8/h12,14-15,20,25H,2-11,24H2,1H3,(H,26,29);1-2H,(H,5,6)(H,7,8). The molecule has 1 unspecified atom stereocenters. The second-order valence-corrected chi connectivity index (χ2v) is 10.1. The van der Waals surface area contributed by atoms with Crippen LogP contribution in [0.2, 0.25) is 5.02 Å². The molecule has 1 aromatic carbocycles. The number of rotatable bonds is 7. The van der Waals surface area contributed by atoms with Gasteiger partial charge in [0.15, 0.2) is 0 Å². The third-order valence-electron chi connectivity index (χ3n) is 7.09. The van der Waals surface area contributed by atoms with Crippen LogP contribution in [0.5, 0.6) is 5.75 Å². The van der Waals surface area contributed by atoms with E-state index in [1.807, 2.05) is 0 Å². The first-order chi connectivity index (χ1) is 18.1. The van der Waals surface area contributed by atoms with Gasteiger partial charge in [-0.05, 0) is 57.7 Å². The fraction of sp³-hybridized carbons (Fsp3) is 0.538. The minimum Gasteiger partial charge on any atom is -0.492 e. The number of benzene rings is 1. The summed E-state index contributed by atoms with van der Waals surface area (Å²) in [7, 11) is 0. The van der Waals surface area contributed by atoms with Crippen molar-refractivity contribution in [3.8, 4) is 5.75 Å². The quantitative estimate of drug-likeness (QED) is 0.248. The van der Waals surface area contributed by atoms with Crippen molar-refractivity contribution in [1.82, 2.24) is 15.5 Å². The van der Waals surface area contributed by atoms with E-state index in [4.69, 9.17) is 32.3 Å². The number of carbonyl (C=O) groups is 4. The number of likely N-dealkylation sites (tertiary alicyclic amines) is 1. The fourth-order valence-electron chi connectivity index (χ4n) is 5.31. The average Bonchev–Trinajstić information content (AvgIpc) is 3.37. The molecule has 0 aromatic heterocycles. The molecule has 38 heavy (non-hydrogen) atoms. The van der Waals surface area contributed by atoms with Gasteiger partial charge in [0, 0.05) is 43.3 Å². The Morgan fingerprint density at radius 3 is 2.29 bits per heavy atom. The summed E-state index contributed by atoms with van der Waals surface area (Å²) in [6.45, 7) is 5.83. The number of amides is 1. The predicted molar refractivity (Wildman–Crippen MR) is 142 cm³/mol. The van der Waals surface area contributed by atoms with E-state index in [-0.39, 0.29) is 23.8 Å². The number of nitrogens with two attached hydrogens (primary N) is 1. The van der Waals surface area contributed by atoms with Gasteiger partial charge in [0.1, 0.15) is 11.5 Å². The van der Waals surface area contributed by atoms with Crippen LogP contribution >= 0.6 is 11.6 Å². The molecule has 0 aliphatic carbocycles. The number of ether oxygens (including phenoxy) is 1.